The second-order valence-corrected chi connectivity index (χ2v) is 5.42. The van der Waals surface area contributed by atoms with Gasteiger partial charge in [-0.1, -0.05) is 12.1 Å². The maximum Gasteiger partial charge on any atom is 0.246 e. The molecule has 0 saturated carbocycles. The second-order valence-electron chi connectivity index (χ2n) is 3.41. The average Bonchev–Trinajstić information content (AvgIpc) is 2.16. The van der Waals surface area contributed by atoms with E-state index in [2.05, 4.69) is 0 Å². The largest absolute Gasteiger partial charge is 0.359 e. The van der Waals surface area contributed by atoms with Crippen LogP contribution in [0.5, 0.6) is 0 Å². The van der Waals surface area contributed by atoms with Crippen LogP contribution in [0, 0.1) is 0 Å². The molecular weight excluding hydrogens is 200 g/mol. The molecule has 0 bridgehead atoms. The van der Waals surface area contributed by atoms with Crippen LogP contribution in [0.2, 0.25) is 0 Å². The number of rotatable bonds is 0. The standard InChI is InChI=1S/C9H12N2O2S/c1-10-7-11(2)14(12,13)9-6-4-3-5-8(9)10/h3-6H,7H2,1-2H3. The molecule has 0 atom stereocenters. The Morgan fingerprint density at radius 3 is 2.57 bits per heavy atom. The smallest absolute Gasteiger partial charge is 0.246 e. The van der Waals surface area contributed by atoms with E-state index in [9.17, 15) is 8.42 Å². The molecular formula is C9H12N2O2S. The lowest BCUT2D eigenvalue weighted by atomic mass is 10.3. The van der Waals surface area contributed by atoms with Crippen LogP contribution < -0.4 is 4.90 Å². The van der Waals surface area contributed by atoms with E-state index in [0.29, 0.717) is 11.6 Å². The fraction of sp³-hybridized carbons (Fsp3) is 0.333. The Bertz CT molecular complexity index is 456. The fourth-order valence-electron chi connectivity index (χ4n) is 1.61. The first kappa shape index (κ1) is 9.48. The van der Waals surface area contributed by atoms with Crippen molar-refractivity contribution in [1.82, 2.24) is 4.31 Å². The predicted octanol–water partition coefficient (Wildman–Crippen LogP) is 0.714. The molecule has 0 unspecified atom stereocenters. The Morgan fingerprint density at radius 2 is 1.86 bits per heavy atom. The number of hydrogen-bond acceptors (Lipinski definition) is 3. The lowest BCUT2D eigenvalue weighted by Crippen LogP contribution is -2.42. The summed E-state index contributed by atoms with van der Waals surface area (Å²) >= 11 is 0. The van der Waals surface area contributed by atoms with E-state index >= 15 is 0 Å². The Hall–Kier alpha value is -1.07. The van der Waals surface area contributed by atoms with Gasteiger partial charge in [0.15, 0.2) is 0 Å². The van der Waals surface area contributed by atoms with E-state index in [1.54, 1.807) is 19.2 Å². The third-order valence-electron chi connectivity index (χ3n) is 2.38. The molecule has 4 nitrogen and oxygen atoms in total. The summed E-state index contributed by atoms with van der Waals surface area (Å²) in [4.78, 5) is 2.30. The molecule has 0 spiro atoms. The molecule has 0 saturated heterocycles. The molecule has 2 rings (SSSR count). The second kappa shape index (κ2) is 2.96. The van der Waals surface area contributed by atoms with Crippen molar-refractivity contribution < 1.29 is 8.42 Å². The number of para-hydroxylation sites is 1. The highest BCUT2D eigenvalue weighted by Gasteiger charge is 2.30. The molecule has 0 N–H and O–H groups in total. The van der Waals surface area contributed by atoms with Gasteiger partial charge in [-0.3, -0.25) is 0 Å². The number of nitrogens with zero attached hydrogens (tertiary/aromatic N) is 2. The van der Waals surface area contributed by atoms with E-state index in [0.717, 1.165) is 5.69 Å². The van der Waals surface area contributed by atoms with E-state index in [-0.39, 0.29) is 0 Å². The van der Waals surface area contributed by atoms with Crippen molar-refractivity contribution >= 4 is 15.7 Å². The van der Waals surface area contributed by atoms with Gasteiger partial charge in [0.1, 0.15) is 4.90 Å². The third-order valence-corrected chi connectivity index (χ3v) is 4.21. The van der Waals surface area contributed by atoms with Gasteiger partial charge in [0, 0.05) is 14.1 Å². The van der Waals surface area contributed by atoms with Gasteiger partial charge in [0.2, 0.25) is 10.0 Å². The number of anilines is 1. The molecule has 14 heavy (non-hydrogen) atoms. The number of hydrogen-bond donors (Lipinski definition) is 0. The zero-order valence-electron chi connectivity index (χ0n) is 8.14. The van der Waals surface area contributed by atoms with E-state index < -0.39 is 10.0 Å². The van der Waals surface area contributed by atoms with Gasteiger partial charge in [-0.25, -0.2) is 8.42 Å². The van der Waals surface area contributed by atoms with Gasteiger partial charge in [-0.05, 0) is 12.1 Å². The topological polar surface area (TPSA) is 40.6 Å². The number of benzene rings is 1. The molecule has 1 aliphatic heterocycles. The number of fused-ring (bicyclic) bond motifs is 1. The molecule has 5 heteroatoms. The number of sulfonamides is 1. The van der Waals surface area contributed by atoms with Crippen LogP contribution in [0.25, 0.3) is 0 Å². The first-order chi connectivity index (χ1) is 6.53. The first-order valence-electron chi connectivity index (χ1n) is 4.30. The van der Waals surface area contributed by atoms with Crippen molar-refractivity contribution in [3.8, 4) is 0 Å². The molecule has 1 aliphatic rings. The van der Waals surface area contributed by atoms with E-state index in [1.165, 1.54) is 4.31 Å². The maximum absolute atomic E-state index is 11.8. The summed E-state index contributed by atoms with van der Waals surface area (Å²) in [5.41, 5.74) is 0.769. The third kappa shape index (κ3) is 1.20. The lowest BCUT2D eigenvalue weighted by molar-refractivity contribution is 0.459. The van der Waals surface area contributed by atoms with Crippen LogP contribution >= 0.6 is 0 Å². The highest BCUT2D eigenvalue weighted by molar-refractivity contribution is 7.89. The first-order valence-corrected chi connectivity index (χ1v) is 5.74. The Balaban J connectivity index is 2.69. The van der Waals surface area contributed by atoms with Crippen LogP contribution in [0.15, 0.2) is 29.2 Å². The van der Waals surface area contributed by atoms with Crippen molar-refractivity contribution in [2.75, 3.05) is 25.7 Å². The molecule has 1 heterocycles. The van der Waals surface area contributed by atoms with Crippen LogP contribution in [0.4, 0.5) is 5.69 Å². The Kier molecular flexibility index (Phi) is 2.01. The average molecular weight is 212 g/mol. The quantitative estimate of drug-likeness (QED) is 0.636. The summed E-state index contributed by atoms with van der Waals surface area (Å²) in [5, 5.41) is 0. The summed E-state index contributed by atoms with van der Waals surface area (Å²) in [7, 11) is 0.202. The van der Waals surface area contributed by atoms with Gasteiger partial charge in [-0.15, -0.1) is 0 Å². The molecule has 0 amide bonds. The molecule has 0 fully saturated rings. The SMILES string of the molecule is CN1CN(C)S(=O)(=O)c2ccccc21. The zero-order valence-corrected chi connectivity index (χ0v) is 8.95. The summed E-state index contributed by atoms with van der Waals surface area (Å²) in [6.45, 7) is 0.402. The van der Waals surface area contributed by atoms with Gasteiger partial charge in [0.25, 0.3) is 0 Å². The monoisotopic (exact) mass is 212 g/mol. The van der Waals surface area contributed by atoms with Crippen LogP contribution in [0.1, 0.15) is 0 Å². The van der Waals surface area contributed by atoms with Gasteiger partial charge < -0.3 is 4.90 Å². The normalized spacial score (nSPS) is 20.6. The van der Waals surface area contributed by atoms with E-state index in [1.807, 2.05) is 24.1 Å². The summed E-state index contributed by atoms with van der Waals surface area (Å²) in [6, 6.07) is 7.04. The molecule has 0 aliphatic carbocycles. The predicted molar refractivity (Wildman–Crippen MR) is 54.7 cm³/mol. The van der Waals surface area contributed by atoms with Crippen molar-refractivity contribution in [3.05, 3.63) is 24.3 Å². The maximum atomic E-state index is 11.8. The van der Waals surface area contributed by atoms with Crippen molar-refractivity contribution in [1.29, 1.82) is 0 Å². The molecule has 0 radical (unpaired) electrons. The summed E-state index contributed by atoms with van der Waals surface area (Å²) in [6.07, 6.45) is 0. The zero-order chi connectivity index (χ0) is 10.3. The van der Waals surface area contributed by atoms with Crippen LogP contribution in [0.3, 0.4) is 0 Å². The van der Waals surface area contributed by atoms with Gasteiger partial charge >= 0.3 is 0 Å². The molecule has 0 aromatic heterocycles. The summed E-state index contributed by atoms with van der Waals surface area (Å²) < 4.78 is 25.0. The minimum atomic E-state index is -3.26. The molecule has 1 aromatic rings. The van der Waals surface area contributed by atoms with Gasteiger partial charge in [0.05, 0.1) is 12.4 Å². The Morgan fingerprint density at radius 1 is 1.21 bits per heavy atom. The lowest BCUT2D eigenvalue weighted by Gasteiger charge is -2.33. The van der Waals surface area contributed by atoms with Crippen LogP contribution in [-0.2, 0) is 10.0 Å². The van der Waals surface area contributed by atoms with Crippen molar-refractivity contribution in [3.63, 3.8) is 0 Å². The molecule has 1 aromatic carbocycles. The highest BCUT2D eigenvalue weighted by Crippen LogP contribution is 2.30. The van der Waals surface area contributed by atoms with E-state index in [4.69, 9.17) is 0 Å². The van der Waals surface area contributed by atoms with Crippen molar-refractivity contribution in [2.24, 2.45) is 0 Å². The van der Waals surface area contributed by atoms with Crippen molar-refractivity contribution in [2.45, 2.75) is 4.90 Å². The van der Waals surface area contributed by atoms with Gasteiger partial charge in [-0.2, -0.15) is 4.31 Å². The minimum absolute atomic E-state index is 0.385. The van der Waals surface area contributed by atoms with Crippen LogP contribution in [-0.4, -0.2) is 33.5 Å². The molecule has 76 valence electrons. The summed E-state index contributed by atoms with van der Waals surface area (Å²) in [5.74, 6) is 0. The minimum Gasteiger partial charge on any atom is -0.359 e. The highest BCUT2D eigenvalue weighted by atomic mass is 32.2. The fourth-order valence-corrected chi connectivity index (χ4v) is 3.01. The Labute approximate surface area is 83.8 Å².